The number of anilines is 1. The summed E-state index contributed by atoms with van der Waals surface area (Å²) in [6.07, 6.45) is 5.53. The number of aromatic nitrogens is 4. The maximum atomic E-state index is 13.1. The molecule has 4 rings (SSSR count). The average molecular weight is 470 g/mol. The quantitative estimate of drug-likeness (QED) is 0.546. The number of nitrogens with zero attached hydrogens (tertiary/aromatic N) is 5. The highest BCUT2D eigenvalue weighted by Gasteiger charge is 2.25. The van der Waals surface area contributed by atoms with E-state index in [1.165, 1.54) is 0 Å². The van der Waals surface area contributed by atoms with Gasteiger partial charge >= 0.3 is 0 Å². The molecule has 3 N–H and O–H groups in total. The summed E-state index contributed by atoms with van der Waals surface area (Å²) < 4.78 is 30.6. The van der Waals surface area contributed by atoms with Crippen LogP contribution in [0.2, 0.25) is 0 Å². The SMILES string of the molecule is CCN1CCC[C@@H]1CNS(=O)(=O)c1ccc(C)c(-c2cnc(N)c(-c3cn(C)nc3C)n2)c1. The van der Waals surface area contributed by atoms with Gasteiger partial charge < -0.3 is 5.73 Å². The Bertz CT molecular complexity index is 1270. The van der Waals surface area contributed by atoms with Crippen LogP contribution in [-0.2, 0) is 17.1 Å². The van der Waals surface area contributed by atoms with Crippen molar-refractivity contribution in [3.8, 4) is 22.5 Å². The first-order chi connectivity index (χ1) is 15.7. The number of nitrogen functional groups attached to an aromatic ring is 1. The maximum absolute atomic E-state index is 13.1. The Balaban J connectivity index is 1.65. The van der Waals surface area contributed by atoms with Crippen molar-refractivity contribution in [3.05, 3.63) is 41.9 Å². The van der Waals surface area contributed by atoms with Gasteiger partial charge in [0.05, 0.1) is 22.5 Å². The number of hydrogen-bond donors (Lipinski definition) is 2. The second-order valence-electron chi connectivity index (χ2n) is 8.54. The van der Waals surface area contributed by atoms with Gasteiger partial charge in [-0.3, -0.25) is 9.58 Å². The van der Waals surface area contributed by atoms with E-state index in [9.17, 15) is 8.42 Å². The summed E-state index contributed by atoms with van der Waals surface area (Å²) in [7, 11) is -1.83. The lowest BCUT2D eigenvalue weighted by molar-refractivity contribution is 0.268. The van der Waals surface area contributed by atoms with Crippen molar-refractivity contribution in [2.24, 2.45) is 7.05 Å². The molecular formula is C23H31N7O2S. The van der Waals surface area contributed by atoms with Crippen molar-refractivity contribution < 1.29 is 8.42 Å². The molecule has 1 saturated heterocycles. The summed E-state index contributed by atoms with van der Waals surface area (Å²) in [4.78, 5) is 11.6. The molecule has 0 radical (unpaired) electrons. The third-order valence-electron chi connectivity index (χ3n) is 6.28. The van der Waals surface area contributed by atoms with Gasteiger partial charge in [-0.15, -0.1) is 0 Å². The molecule has 3 aromatic rings. The number of benzene rings is 1. The van der Waals surface area contributed by atoms with Gasteiger partial charge in [-0.1, -0.05) is 13.0 Å². The number of nitrogens with one attached hydrogen (secondary N) is 1. The molecule has 10 heteroatoms. The molecular weight excluding hydrogens is 438 g/mol. The zero-order valence-corrected chi connectivity index (χ0v) is 20.4. The van der Waals surface area contributed by atoms with Crippen LogP contribution in [0.4, 0.5) is 5.82 Å². The molecule has 0 aliphatic carbocycles. The van der Waals surface area contributed by atoms with Gasteiger partial charge in [0.25, 0.3) is 0 Å². The van der Waals surface area contributed by atoms with Crippen LogP contribution in [0.1, 0.15) is 31.0 Å². The largest absolute Gasteiger partial charge is 0.382 e. The summed E-state index contributed by atoms with van der Waals surface area (Å²) in [5.74, 6) is 0.301. The van der Waals surface area contributed by atoms with E-state index in [-0.39, 0.29) is 10.9 Å². The minimum atomic E-state index is -3.66. The predicted molar refractivity (Wildman–Crippen MR) is 129 cm³/mol. The Kier molecular flexibility index (Phi) is 6.51. The van der Waals surface area contributed by atoms with Gasteiger partial charge in [0, 0.05) is 37.0 Å². The molecule has 0 bridgehead atoms. The third-order valence-corrected chi connectivity index (χ3v) is 7.70. The predicted octanol–water partition coefficient (Wildman–Crippen LogP) is 2.51. The second kappa shape index (κ2) is 9.20. The molecule has 1 aromatic carbocycles. The van der Waals surface area contributed by atoms with Gasteiger partial charge in [-0.05, 0) is 57.5 Å². The maximum Gasteiger partial charge on any atom is 0.240 e. The van der Waals surface area contributed by atoms with Gasteiger partial charge in [-0.25, -0.2) is 23.1 Å². The first-order valence-corrected chi connectivity index (χ1v) is 12.7. The van der Waals surface area contributed by atoms with Crippen molar-refractivity contribution in [3.63, 3.8) is 0 Å². The number of nitrogens with two attached hydrogens (primary N) is 1. The fraction of sp³-hybridized carbons (Fsp3) is 0.435. The number of rotatable bonds is 7. The van der Waals surface area contributed by atoms with Crippen LogP contribution in [0.25, 0.3) is 22.5 Å². The van der Waals surface area contributed by atoms with Gasteiger partial charge in [-0.2, -0.15) is 5.10 Å². The van der Waals surface area contributed by atoms with Crippen LogP contribution in [-0.4, -0.2) is 58.7 Å². The van der Waals surface area contributed by atoms with Gasteiger partial charge in [0.2, 0.25) is 10.0 Å². The summed E-state index contributed by atoms with van der Waals surface area (Å²) in [5, 5.41) is 4.36. The normalized spacial score (nSPS) is 17.0. The third kappa shape index (κ3) is 4.78. The minimum Gasteiger partial charge on any atom is -0.382 e. The lowest BCUT2D eigenvalue weighted by Crippen LogP contribution is -2.40. The van der Waals surface area contributed by atoms with Crippen molar-refractivity contribution in [1.82, 2.24) is 29.4 Å². The van der Waals surface area contributed by atoms with E-state index < -0.39 is 10.0 Å². The standard InChI is InChI=1S/C23H31N7O2S/c1-5-30-10-6-7-17(30)12-26-33(31,32)18-9-8-15(2)19(11-18)21-13-25-23(24)22(27-21)20-14-29(4)28-16(20)3/h8-9,11,13-14,17,26H,5-7,10,12H2,1-4H3,(H2,24,25)/t17-/m1/s1. The van der Waals surface area contributed by atoms with Crippen molar-refractivity contribution in [2.75, 3.05) is 25.4 Å². The fourth-order valence-electron chi connectivity index (χ4n) is 4.43. The van der Waals surface area contributed by atoms with E-state index in [0.29, 0.717) is 29.3 Å². The van der Waals surface area contributed by atoms with E-state index in [2.05, 4.69) is 26.6 Å². The van der Waals surface area contributed by atoms with Crippen LogP contribution in [0.3, 0.4) is 0 Å². The molecule has 0 unspecified atom stereocenters. The van der Waals surface area contributed by atoms with Crippen molar-refractivity contribution in [1.29, 1.82) is 0 Å². The Morgan fingerprint density at radius 1 is 1.24 bits per heavy atom. The molecule has 176 valence electrons. The van der Waals surface area contributed by atoms with Crippen LogP contribution >= 0.6 is 0 Å². The Morgan fingerprint density at radius 3 is 2.73 bits per heavy atom. The first-order valence-electron chi connectivity index (χ1n) is 11.2. The smallest absolute Gasteiger partial charge is 0.240 e. The van der Waals surface area contributed by atoms with Gasteiger partial charge in [0.1, 0.15) is 11.5 Å². The highest BCUT2D eigenvalue weighted by Crippen LogP contribution is 2.30. The highest BCUT2D eigenvalue weighted by molar-refractivity contribution is 7.89. The molecule has 1 aliphatic rings. The first kappa shape index (κ1) is 23.3. The van der Waals surface area contributed by atoms with Crippen LogP contribution in [0.15, 0.2) is 35.5 Å². The van der Waals surface area contributed by atoms with Crippen molar-refractivity contribution in [2.45, 2.75) is 44.6 Å². The number of likely N-dealkylation sites (tertiary alicyclic amines) is 1. The Hall–Kier alpha value is -2.82. The molecule has 0 spiro atoms. The van der Waals surface area contributed by atoms with Crippen molar-refractivity contribution >= 4 is 15.8 Å². The number of aryl methyl sites for hydroxylation is 3. The topological polar surface area (TPSA) is 119 Å². The van der Waals surface area contributed by atoms with E-state index in [0.717, 1.165) is 42.8 Å². The number of likely N-dealkylation sites (N-methyl/N-ethyl adjacent to an activating group) is 1. The molecule has 33 heavy (non-hydrogen) atoms. The van der Waals surface area contributed by atoms with E-state index >= 15 is 0 Å². The molecule has 9 nitrogen and oxygen atoms in total. The molecule has 0 amide bonds. The zero-order valence-electron chi connectivity index (χ0n) is 19.5. The molecule has 0 saturated carbocycles. The summed E-state index contributed by atoms with van der Waals surface area (Å²) in [6.45, 7) is 8.27. The minimum absolute atomic E-state index is 0.210. The lowest BCUT2D eigenvalue weighted by atomic mass is 10.1. The number of hydrogen-bond acceptors (Lipinski definition) is 7. The molecule has 1 aliphatic heterocycles. The second-order valence-corrected chi connectivity index (χ2v) is 10.3. The monoisotopic (exact) mass is 469 g/mol. The Labute approximate surface area is 195 Å². The fourth-order valence-corrected chi connectivity index (χ4v) is 5.53. The molecule has 2 aromatic heterocycles. The van der Waals surface area contributed by atoms with E-state index in [1.807, 2.05) is 27.1 Å². The zero-order chi connectivity index (χ0) is 23.8. The number of sulfonamides is 1. The van der Waals surface area contributed by atoms with Crippen LogP contribution in [0.5, 0.6) is 0 Å². The summed E-state index contributed by atoms with van der Waals surface area (Å²) in [5.41, 5.74) is 10.4. The Morgan fingerprint density at radius 2 is 2.03 bits per heavy atom. The van der Waals surface area contributed by atoms with E-state index in [4.69, 9.17) is 10.7 Å². The van der Waals surface area contributed by atoms with Crippen LogP contribution < -0.4 is 10.5 Å². The molecule has 1 fully saturated rings. The van der Waals surface area contributed by atoms with Gasteiger partial charge in [0.15, 0.2) is 0 Å². The highest BCUT2D eigenvalue weighted by atomic mass is 32.2. The van der Waals surface area contributed by atoms with E-state index in [1.54, 1.807) is 29.1 Å². The average Bonchev–Trinajstić information content (AvgIpc) is 3.38. The van der Waals surface area contributed by atoms with Crippen LogP contribution in [0, 0.1) is 13.8 Å². The molecule has 3 heterocycles. The summed E-state index contributed by atoms with van der Waals surface area (Å²) in [6, 6.07) is 5.32. The summed E-state index contributed by atoms with van der Waals surface area (Å²) >= 11 is 0. The molecule has 1 atom stereocenters. The lowest BCUT2D eigenvalue weighted by Gasteiger charge is -2.23.